The van der Waals surface area contributed by atoms with Crippen molar-refractivity contribution in [3.63, 3.8) is 0 Å². The second kappa shape index (κ2) is 7.61. The lowest BCUT2D eigenvalue weighted by atomic mass is 10.0. The number of nitrogens with one attached hydrogen (secondary N) is 1. The molecule has 0 fully saturated rings. The molecule has 0 atom stereocenters. The van der Waals surface area contributed by atoms with Crippen LogP contribution in [0.3, 0.4) is 0 Å². The Morgan fingerprint density at radius 3 is 2.72 bits per heavy atom. The van der Waals surface area contributed by atoms with E-state index < -0.39 is 15.8 Å². The molecule has 2 heterocycles. The Bertz CT molecular complexity index is 1170. The molecule has 4 rings (SSSR count). The minimum Gasteiger partial charge on any atom is -0.307 e. The number of fused-ring (bicyclic) bond motifs is 1. The summed E-state index contributed by atoms with van der Waals surface area (Å²) in [6.07, 6.45) is 1.68. The smallest absolute Gasteiger partial charge is 0.268 e. The van der Waals surface area contributed by atoms with Crippen LogP contribution in [0.2, 0.25) is 0 Å². The molecular formula is C21H19FN2O3S2. The lowest BCUT2D eigenvalue weighted by Crippen LogP contribution is -2.35. The van der Waals surface area contributed by atoms with Gasteiger partial charge >= 0.3 is 0 Å². The zero-order valence-electron chi connectivity index (χ0n) is 15.7. The second-order valence-electron chi connectivity index (χ2n) is 6.90. The van der Waals surface area contributed by atoms with Gasteiger partial charge in [0.15, 0.2) is 0 Å². The van der Waals surface area contributed by atoms with E-state index in [0.29, 0.717) is 28.4 Å². The Hall–Kier alpha value is -2.71. The van der Waals surface area contributed by atoms with Gasteiger partial charge in [0.1, 0.15) is 5.82 Å². The largest absolute Gasteiger partial charge is 0.307 e. The van der Waals surface area contributed by atoms with E-state index in [1.165, 1.54) is 23.5 Å². The van der Waals surface area contributed by atoms with Gasteiger partial charge in [0.2, 0.25) is 0 Å². The molecule has 0 saturated carbocycles. The third-order valence-corrected chi connectivity index (χ3v) is 7.26. The van der Waals surface area contributed by atoms with Crippen LogP contribution in [-0.2, 0) is 16.4 Å². The Labute approximate surface area is 172 Å². The molecule has 29 heavy (non-hydrogen) atoms. The molecule has 3 aromatic rings. The first-order valence-corrected chi connectivity index (χ1v) is 11.5. The molecule has 0 radical (unpaired) electrons. The van der Waals surface area contributed by atoms with E-state index in [0.717, 1.165) is 24.5 Å². The summed E-state index contributed by atoms with van der Waals surface area (Å²) < 4.78 is 41.5. The van der Waals surface area contributed by atoms with Crippen LogP contribution in [0.15, 0.2) is 58.8 Å². The van der Waals surface area contributed by atoms with Gasteiger partial charge in [0.25, 0.3) is 15.9 Å². The molecule has 1 aliphatic rings. The van der Waals surface area contributed by atoms with Gasteiger partial charge < -0.3 is 4.90 Å². The highest BCUT2D eigenvalue weighted by Crippen LogP contribution is 2.32. The van der Waals surface area contributed by atoms with E-state index >= 15 is 0 Å². The lowest BCUT2D eigenvalue weighted by Gasteiger charge is -2.29. The first kappa shape index (κ1) is 19.6. The number of carbonyl (C=O) groups excluding carboxylic acids is 1. The average molecular weight is 431 g/mol. The van der Waals surface area contributed by atoms with Crippen LogP contribution in [0.1, 0.15) is 27.2 Å². The molecule has 5 nitrogen and oxygen atoms in total. The van der Waals surface area contributed by atoms with E-state index in [1.54, 1.807) is 30.0 Å². The van der Waals surface area contributed by atoms with E-state index in [9.17, 15) is 17.6 Å². The molecule has 0 aliphatic carbocycles. The molecule has 0 unspecified atom stereocenters. The number of hydrogen-bond donors (Lipinski definition) is 1. The highest BCUT2D eigenvalue weighted by molar-refractivity contribution is 7.92. The van der Waals surface area contributed by atoms with Gasteiger partial charge in [-0.3, -0.25) is 9.52 Å². The molecular weight excluding hydrogens is 411 g/mol. The summed E-state index contributed by atoms with van der Waals surface area (Å²) in [6.45, 7) is 2.13. The normalized spacial score (nSPS) is 13.8. The maximum Gasteiger partial charge on any atom is 0.268 e. The Kier molecular flexibility index (Phi) is 5.14. The minimum atomic E-state index is -3.89. The predicted molar refractivity (Wildman–Crippen MR) is 113 cm³/mol. The standard InChI is InChI=1S/C21H19FN2O3S2/c1-14-12-16(22)7-9-20(14)29(26,27)23-17-8-6-15-4-2-10-24(18(15)13-17)21(25)19-5-3-11-28-19/h3,5-9,11-13,23H,2,4,10H2,1H3. The number of hydrogen-bond acceptors (Lipinski definition) is 4. The number of sulfonamides is 1. The Morgan fingerprint density at radius 1 is 1.17 bits per heavy atom. The first-order valence-electron chi connectivity index (χ1n) is 9.12. The number of anilines is 2. The van der Waals surface area contributed by atoms with E-state index in [4.69, 9.17) is 0 Å². The van der Waals surface area contributed by atoms with Crippen molar-refractivity contribution in [1.82, 2.24) is 0 Å². The van der Waals surface area contributed by atoms with Crippen LogP contribution >= 0.6 is 11.3 Å². The van der Waals surface area contributed by atoms with Crippen molar-refractivity contribution in [2.45, 2.75) is 24.7 Å². The number of aryl methyl sites for hydroxylation is 2. The SMILES string of the molecule is Cc1cc(F)ccc1S(=O)(=O)Nc1ccc2c(c1)N(C(=O)c1cccs1)CCC2. The monoisotopic (exact) mass is 430 g/mol. The fourth-order valence-electron chi connectivity index (χ4n) is 3.51. The number of benzene rings is 2. The topological polar surface area (TPSA) is 66.5 Å². The summed E-state index contributed by atoms with van der Waals surface area (Å²) in [6, 6.07) is 12.4. The molecule has 150 valence electrons. The predicted octanol–water partition coefficient (Wildman–Crippen LogP) is 4.59. The number of halogens is 1. The third kappa shape index (κ3) is 3.90. The van der Waals surface area contributed by atoms with Gasteiger partial charge in [-0.25, -0.2) is 12.8 Å². The Balaban J connectivity index is 1.67. The molecule has 8 heteroatoms. The van der Waals surface area contributed by atoms with Crippen molar-refractivity contribution in [3.8, 4) is 0 Å². The molecule has 0 spiro atoms. The van der Waals surface area contributed by atoms with Crippen molar-refractivity contribution in [3.05, 3.63) is 75.7 Å². The maximum absolute atomic E-state index is 13.3. The molecule has 2 aromatic carbocycles. The van der Waals surface area contributed by atoms with Crippen molar-refractivity contribution in [1.29, 1.82) is 0 Å². The van der Waals surface area contributed by atoms with Crippen molar-refractivity contribution >= 4 is 38.6 Å². The molecule has 0 bridgehead atoms. The zero-order valence-corrected chi connectivity index (χ0v) is 17.3. The van der Waals surface area contributed by atoms with Crippen molar-refractivity contribution in [2.24, 2.45) is 0 Å². The number of rotatable bonds is 4. The van der Waals surface area contributed by atoms with Crippen molar-refractivity contribution in [2.75, 3.05) is 16.2 Å². The van der Waals surface area contributed by atoms with Crippen LogP contribution in [0, 0.1) is 12.7 Å². The second-order valence-corrected chi connectivity index (χ2v) is 9.49. The molecule has 1 aromatic heterocycles. The summed E-state index contributed by atoms with van der Waals surface area (Å²) in [5.74, 6) is -0.576. The summed E-state index contributed by atoms with van der Waals surface area (Å²) >= 11 is 1.38. The van der Waals surface area contributed by atoms with Gasteiger partial charge in [-0.15, -0.1) is 11.3 Å². The maximum atomic E-state index is 13.3. The van der Waals surface area contributed by atoms with Crippen LogP contribution in [0.25, 0.3) is 0 Å². The van der Waals surface area contributed by atoms with Gasteiger partial charge in [-0.2, -0.15) is 0 Å². The molecule has 1 aliphatic heterocycles. The van der Waals surface area contributed by atoms with E-state index in [1.807, 2.05) is 17.5 Å². The van der Waals surface area contributed by atoms with E-state index in [2.05, 4.69) is 4.72 Å². The zero-order chi connectivity index (χ0) is 20.6. The van der Waals surface area contributed by atoms with Crippen molar-refractivity contribution < 1.29 is 17.6 Å². The van der Waals surface area contributed by atoms with Gasteiger partial charge in [-0.1, -0.05) is 12.1 Å². The van der Waals surface area contributed by atoms with Crippen LogP contribution in [-0.4, -0.2) is 20.9 Å². The highest BCUT2D eigenvalue weighted by atomic mass is 32.2. The fourth-order valence-corrected chi connectivity index (χ4v) is 5.46. The van der Waals surface area contributed by atoms with E-state index in [-0.39, 0.29) is 10.8 Å². The number of nitrogens with zero attached hydrogens (tertiary/aromatic N) is 1. The summed E-state index contributed by atoms with van der Waals surface area (Å²) in [4.78, 5) is 15.2. The minimum absolute atomic E-state index is 0.0168. The highest BCUT2D eigenvalue weighted by Gasteiger charge is 2.25. The number of carbonyl (C=O) groups is 1. The number of thiophene rings is 1. The van der Waals surface area contributed by atoms with Crippen LogP contribution in [0.4, 0.5) is 15.8 Å². The summed E-state index contributed by atoms with van der Waals surface area (Å²) in [7, 11) is -3.89. The first-order chi connectivity index (χ1) is 13.8. The van der Waals surface area contributed by atoms with Gasteiger partial charge in [0, 0.05) is 12.2 Å². The third-order valence-electron chi connectivity index (χ3n) is 4.86. The summed E-state index contributed by atoms with van der Waals surface area (Å²) in [5.41, 5.74) is 2.40. The summed E-state index contributed by atoms with van der Waals surface area (Å²) in [5, 5.41) is 1.85. The molecule has 1 amide bonds. The molecule has 1 N–H and O–H groups in total. The number of amides is 1. The van der Waals surface area contributed by atoms with Gasteiger partial charge in [0.05, 0.1) is 15.5 Å². The fraction of sp³-hybridized carbons (Fsp3) is 0.190. The van der Waals surface area contributed by atoms with Gasteiger partial charge in [-0.05, 0) is 72.7 Å². The van der Waals surface area contributed by atoms with Crippen LogP contribution in [0.5, 0.6) is 0 Å². The lowest BCUT2D eigenvalue weighted by molar-refractivity contribution is 0.0989. The molecule has 0 saturated heterocycles. The Morgan fingerprint density at radius 2 is 2.00 bits per heavy atom. The quantitative estimate of drug-likeness (QED) is 0.658. The average Bonchev–Trinajstić information content (AvgIpc) is 3.21. The van der Waals surface area contributed by atoms with Crippen LogP contribution < -0.4 is 9.62 Å².